The Labute approximate surface area is 154 Å². The number of rotatable bonds is 5. The first-order valence-electron chi connectivity index (χ1n) is 9.11. The SMILES string of the molecule is Cc1ccc(C(=O)N(C)Cc2cn[nH]c2C)cc1NC(=O)C1CCCC1. The van der Waals surface area contributed by atoms with Gasteiger partial charge in [0.1, 0.15) is 0 Å². The van der Waals surface area contributed by atoms with Crippen molar-refractivity contribution in [1.82, 2.24) is 15.1 Å². The van der Waals surface area contributed by atoms with E-state index in [4.69, 9.17) is 0 Å². The zero-order valence-electron chi connectivity index (χ0n) is 15.6. The van der Waals surface area contributed by atoms with Crippen LogP contribution in [0.25, 0.3) is 0 Å². The molecule has 0 aliphatic heterocycles. The van der Waals surface area contributed by atoms with Gasteiger partial charge in [-0.3, -0.25) is 14.7 Å². The maximum absolute atomic E-state index is 12.8. The van der Waals surface area contributed by atoms with Crippen molar-refractivity contribution >= 4 is 17.5 Å². The molecule has 2 amide bonds. The summed E-state index contributed by atoms with van der Waals surface area (Å²) in [5.74, 6) is 0.0834. The molecule has 0 unspecified atom stereocenters. The van der Waals surface area contributed by atoms with Gasteiger partial charge < -0.3 is 10.2 Å². The molecule has 6 heteroatoms. The standard InChI is InChI=1S/C20H26N4O2/c1-13-8-9-16(10-18(13)22-19(25)15-6-4-5-7-15)20(26)24(3)12-17-11-21-23-14(17)2/h8-11,15H,4-7,12H2,1-3H3,(H,21,23)(H,22,25). The Morgan fingerprint density at radius 3 is 2.65 bits per heavy atom. The normalized spacial score (nSPS) is 14.4. The topological polar surface area (TPSA) is 78.1 Å². The number of aromatic nitrogens is 2. The number of nitrogens with zero attached hydrogens (tertiary/aromatic N) is 2. The number of benzene rings is 1. The number of hydrogen-bond donors (Lipinski definition) is 2. The predicted molar refractivity (Wildman–Crippen MR) is 101 cm³/mol. The molecule has 0 atom stereocenters. The van der Waals surface area contributed by atoms with Gasteiger partial charge in [0.15, 0.2) is 0 Å². The third-order valence-electron chi connectivity index (χ3n) is 5.16. The smallest absolute Gasteiger partial charge is 0.253 e. The minimum absolute atomic E-state index is 0.0672. The van der Waals surface area contributed by atoms with Crippen LogP contribution in [0.4, 0.5) is 5.69 Å². The number of nitrogens with one attached hydrogen (secondary N) is 2. The fraction of sp³-hybridized carbons (Fsp3) is 0.450. The number of amides is 2. The largest absolute Gasteiger partial charge is 0.337 e. The van der Waals surface area contributed by atoms with Gasteiger partial charge in [0.2, 0.25) is 5.91 Å². The first-order valence-corrected chi connectivity index (χ1v) is 9.11. The summed E-state index contributed by atoms with van der Waals surface area (Å²) < 4.78 is 0. The van der Waals surface area contributed by atoms with Crippen molar-refractivity contribution in [3.8, 4) is 0 Å². The Morgan fingerprint density at radius 1 is 1.27 bits per heavy atom. The summed E-state index contributed by atoms with van der Waals surface area (Å²) in [5, 5.41) is 9.89. The number of aromatic amines is 1. The lowest BCUT2D eigenvalue weighted by atomic mass is 10.1. The monoisotopic (exact) mass is 354 g/mol. The summed E-state index contributed by atoms with van der Waals surface area (Å²) in [6.45, 7) is 4.36. The Bertz CT molecular complexity index is 806. The lowest BCUT2D eigenvalue weighted by Gasteiger charge is -2.18. The van der Waals surface area contributed by atoms with E-state index in [1.165, 1.54) is 0 Å². The minimum atomic E-state index is -0.0815. The molecule has 0 bridgehead atoms. The van der Waals surface area contributed by atoms with Crippen molar-refractivity contribution in [2.24, 2.45) is 5.92 Å². The molecule has 1 aliphatic rings. The van der Waals surface area contributed by atoms with Gasteiger partial charge in [-0.15, -0.1) is 0 Å². The molecule has 2 N–H and O–H groups in total. The van der Waals surface area contributed by atoms with E-state index in [0.29, 0.717) is 12.1 Å². The molecule has 0 radical (unpaired) electrons. The summed E-state index contributed by atoms with van der Waals surface area (Å²) in [4.78, 5) is 26.8. The lowest BCUT2D eigenvalue weighted by Crippen LogP contribution is -2.27. The molecule has 2 aromatic rings. The Balaban J connectivity index is 1.72. The van der Waals surface area contributed by atoms with E-state index in [2.05, 4.69) is 15.5 Å². The van der Waals surface area contributed by atoms with Crippen LogP contribution in [0.15, 0.2) is 24.4 Å². The molecule has 0 spiro atoms. The van der Waals surface area contributed by atoms with E-state index in [-0.39, 0.29) is 17.7 Å². The van der Waals surface area contributed by atoms with Crippen LogP contribution < -0.4 is 5.32 Å². The van der Waals surface area contributed by atoms with E-state index >= 15 is 0 Å². The number of carbonyl (C=O) groups excluding carboxylic acids is 2. The van der Waals surface area contributed by atoms with E-state index in [0.717, 1.165) is 48.2 Å². The van der Waals surface area contributed by atoms with Gasteiger partial charge >= 0.3 is 0 Å². The fourth-order valence-electron chi connectivity index (χ4n) is 3.40. The molecule has 1 aliphatic carbocycles. The van der Waals surface area contributed by atoms with Crippen LogP contribution in [0.5, 0.6) is 0 Å². The lowest BCUT2D eigenvalue weighted by molar-refractivity contribution is -0.119. The minimum Gasteiger partial charge on any atom is -0.337 e. The predicted octanol–water partition coefficient (Wildman–Crippen LogP) is 3.43. The maximum Gasteiger partial charge on any atom is 0.253 e. The number of hydrogen-bond acceptors (Lipinski definition) is 3. The number of carbonyl (C=O) groups is 2. The van der Waals surface area contributed by atoms with Gasteiger partial charge in [0.05, 0.1) is 6.20 Å². The van der Waals surface area contributed by atoms with Gasteiger partial charge in [-0.1, -0.05) is 18.9 Å². The molecular formula is C20H26N4O2. The zero-order valence-corrected chi connectivity index (χ0v) is 15.6. The van der Waals surface area contributed by atoms with Crippen LogP contribution in [-0.4, -0.2) is 34.0 Å². The van der Waals surface area contributed by atoms with Crippen LogP contribution in [0, 0.1) is 19.8 Å². The average molecular weight is 354 g/mol. The molecule has 1 aromatic carbocycles. The summed E-state index contributed by atoms with van der Waals surface area (Å²) in [7, 11) is 1.77. The second-order valence-corrected chi connectivity index (χ2v) is 7.18. The van der Waals surface area contributed by atoms with Crippen LogP contribution >= 0.6 is 0 Å². The highest BCUT2D eigenvalue weighted by Crippen LogP contribution is 2.27. The van der Waals surface area contributed by atoms with Gasteiger partial charge in [0, 0.05) is 42.0 Å². The van der Waals surface area contributed by atoms with E-state index in [1.807, 2.05) is 26.0 Å². The van der Waals surface area contributed by atoms with Crippen LogP contribution in [0.2, 0.25) is 0 Å². The molecule has 0 saturated heterocycles. The molecule has 1 fully saturated rings. The first kappa shape index (κ1) is 18.2. The Hall–Kier alpha value is -2.63. The second kappa shape index (κ2) is 7.72. The number of aryl methyl sites for hydroxylation is 2. The average Bonchev–Trinajstić information content (AvgIpc) is 3.28. The fourth-order valence-corrected chi connectivity index (χ4v) is 3.40. The van der Waals surface area contributed by atoms with E-state index < -0.39 is 0 Å². The summed E-state index contributed by atoms with van der Waals surface area (Å²) in [6, 6.07) is 5.47. The van der Waals surface area contributed by atoms with Gasteiger partial charge in [-0.2, -0.15) is 5.10 Å². The number of anilines is 1. The van der Waals surface area contributed by atoms with Crippen molar-refractivity contribution in [3.63, 3.8) is 0 Å². The van der Waals surface area contributed by atoms with Crippen LogP contribution in [0.1, 0.15) is 52.9 Å². The van der Waals surface area contributed by atoms with Crippen molar-refractivity contribution in [2.45, 2.75) is 46.1 Å². The zero-order chi connectivity index (χ0) is 18.7. The highest BCUT2D eigenvalue weighted by Gasteiger charge is 2.23. The molecule has 1 heterocycles. The van der Waals surface area contributed by atoms with Crippen LogP contribution in [-0.2, 0) is 11.3 Å². The van der Waals surface area contributed by atoms with Crippen molar-refractivity contribution in [1.29, 1.82) is 0 Å². The first-order chi connectivity index (χ1) is 12.5. The quantitative estimate of drug-likeness (QED) is 0.863. The summed E-state index contributed by atoms with van der Waals surface area (Å²) >= 11 is 0. The Morgan fingerprint density at radius 2 is 2.00 bits per heavy atom. The van der Waals surface area contributed by atoms with E-state index in [9.17, 15) is 9.59 Å². The molecular weight excluding hydrogens is 328 g/mol. The third-order valence-corrected chi connectivity index (χ3v) is 5.16. The Kier molecular flexibility index (Phi) is 5.40. The van der Waals surface area contributed by atoms with Crippen LogP contribution in [0.3, 0.4) is 0 Å². The molecule has 6 nitrogen and oxygen atoms in total. The summed E-state index contributed by atoms with van der Waals surface area (Å²) in [5.41, 5.74) is 4.20. The van der Waals surface area contributed by atoms with Gasteiger partial charge in [-0.05, 0) is 44.4 Å². The van der Waals surface area contributed by atoms with Crippen molar-refractivity contribution < 1.29 is 9.59 Å². The maximum atomic E-state index is 12.8. The van der Waals surface area contributed by atoms with Gasteiger partial charge in [-0.25, -0.2) is 0 Å². The van der Waals surface area contributed by atoms with Crippen molar-refractivity contribution in [2.75, 3.05) is 12.4 Å². The number of H-pyrrole nitrogens is 1. The molecule has 1 saturated carbocycles. The summed E-state index contributed by atoms with van der Waals surface area (Å²) in [6.07, 6.45) is 5.88. The van der Waals surface area contributed by atoms with Crippen molar-refractivity contribution in [3.05, 3.63) is 46.8 Å². The van der Waals surface area contributed by atoms with E-state index in [1.54, 1.807) is 24.2 Å². The highest BCUT2D eigenvalue weighted by molar-refractivity contribution is 5.98. The third kappa shape index (κ3) is 3.95. The molecule has 1 aromatic heterocycles. The van der Waals surface area contributed by atoms with Gasteiger partial charge in [0.25, 0.3) is 5.91 Å². The molecule has 26 heavy (non-hydrogen) atoms. The molecule has 138 valence electrons. The molecule has 3 rings (SSSR count). The second-order valence-electron chi connectivity index (χ2n) is 7.18. The highest BCUT2D eigenvalue weighted by atomic mass is 16.2.